The summed E-state index contributed by atoms with van der Waals surface area (Å²) in [6.07, 6.45) is 6.10. The first-order valence-corrected chi connectivity index (χ1v) is 10.5. The number of halogens is 1. The molecule has 30 heavy (non-hydrogen) atoms. The highest BCUT2D eigenvalue weighted by molar-refractivity contribution is 5.96. The second kappa shape index (κ2) is 10.4. The van der Waals surface area contributed by atoms with Crippen molar-refractivity contribution in [1.29, 1.82) is 0 Å². The van der Waals surface area contributed by atoms with E-state index in [9.17, 15) is 19.1 Å². The molecular formula is C23H29FN2O4. The summed E-state index contributed by atoms with van der Waals surface area (Å²) in [6.45, 7) is 1.53. The van der Waals surface area contributed by atoms with Crippen molar-refractivity contribution in [2.75, 3.05) is 6.61 Å². The van der Waals surface area contributed by atoms with Crippen molar-refractivity contribution in [3.05, 3.63) is 48.0 Å². The van der Waals surface area contributed by atoms with Crippen molar-refractivity contribution >= 4 is 11.8 Å². The van der Waals surface area contributed by atoms with Gasteiger partial charge in [-0.05, 0) is 43.5 Å². The summed E-state index contributed by atoms with van der Waals surface area (Å²) in [5.74, 6) is -0.388. The first-order chi connectivity index (χ1) is 14.5. The van der Waals surface area contributed by atoms with Crippen LogP contribution in [-0.4, -0.2) is 35.6 Å². The Bertz CT molecular complexity index is 860. The Balaban J connectivity index is 1.70. The number of nitrogens with one attached hydrogen (secondary N) is 2. The topological polar surface area (TPSA) is 91.6 Å². The minimum Gasteiger partial charge on any atom is -0.451 e. The third kappa shape index (κ3) is 5.92. The predicted molar refractivity (Wildman–Crippen MR) is 111 cm³/mol. The van der Waals surface area contributed by atoms with E-state index in [0.29, 0.717) is 23.7 Å². The molecule has 0 aliphatic heterocycles. The van der Waals surface area contributed by atoms with E-state index in [1.165, 1.54) is 24.6 Å². The number of aliphatic hydroxyl groups excluding tert-OH is 1. The van der Waals surface area contributed by atoms with Gasteiger partial charge in [-0.15, -0.1) is 0 Å². The molecule has 1 aliphatic rings. The van der Waals surface area contributed by atoms with Crippen LogP contribution in [0.3, 0.4) is 0 Å². The van der Waals surface area contributed by atoms with Gasteiger partial charge in [-0.2, -0.15) is 0 Å². The van der Waals surface area contributed by atoms with Crippen LogP contribution in [0.5, 0.6) is 0 Å². The van der Waals surface area contributed by atoms with Crippen LogP contribution >= 0.6 is 0 Å². The lowest BCUT2D eigenvalue weighted by Crippen LogP contribution is -2.50. The van der Waals surface area contributed by atoms with Gasteiger partial charge in [0.05, 0.1) is 6.61 Å². The lowest BCUT2D eigenvalue weighted by atomic mass is 9.84. The summed E-state index contributed by atoms with van der Waals surface area (Å²) >= 11 is 0. The number of hydrogen-bond acceptors (Lipinski definition) is 4. The number of carbonyl (C=O) groups is 2. The van der Waals surface area contributed by atoms with Crippen LogP contribution in [0.15, 0.2) is 40.8 Å². The zero-order chi connectivity index (χ0) is 21.5. The Morgan fingerprint density at radius 1 is 1.17 bits per heavy atom. The molecule has 2 amide bonds. The van der Waals surface area contributed by atoms with Crippen LogP contribution in [0, 0.1) is 11.7 Å². The maximum Gasteiger partial charge on any atom is 0.287 e. The lowest BCUT2D eigenvalue weighted by molar-refractivity contribution is -0.124. The molecule has 0 saturated heterocycles. The molecule has 1 fully saturated rings. The van der Waals surface area contributed by atoms with Crippen molar-refractivity contribution in [3.63, 3.8) is 0 Å². The van der Waals surface area contributed by atoms with E-state index in [1.54, 1.807) is 25.1 Å². The van der Waals surface area contributed by atoms with E-state index >= 15 is 0 Å². The number of aliphatic hydroxyl groups is 1. The van der Waals surface area contributed by atoms with Gasteiger partial charge in [0.25, 0.3) is 5.91 Å². The first kappa shape index (κ1) is 22.0. The molecular weight excluding hydrogens is 387 g/mol. The van der Waals surface area contributed by atoms with Gasteiger partial charge in [0, 0.05) is 11.6 Å². The lowest BCUT2D eigenvalue weighted by Gasteiger charge is -2.27. The Morgan fingerprint density at radius 3 is 2.63 bits per heavy atom. The van der Waals surface area contributed by atoms with Gasteiger partial charge in [-0.3, -0.25) is 9.59 Å². The van der Waals surface area contributed by atoms with Gasteiger partial charge < -0.3 is 20.2 Å². The number of carbonyl (C=O) groups excluding carboxylic acids is 2. The van der Waals surface area contributed by atoms with E-state index in [0.717, 1.165) is 25.7 Å². The van der Waals surface area contributed by atoms with Crippen molar-refractivity contribution in [2.45, 2.75) is 57.5 Å². The minimum absolute atomic E-state index is 0.0610. The molecule has 7 heteroatoms. The minimum atomic E-state index is -0.711. The Hall–Kier alpha value is -2.67. The number of hydrogen-bond donors (Lipinski definition) is 3. The second-order valence-electron chi connectivity index (χ2n) is 8.03. The molecule has 1 aromatic carbocycles. The molecule has 3 rings (SSSR count). The van der Waals surface area contributed by atoms with Gasteiger partial charge in [0.15, 0.2) is 5.76 Å². The number of rotatable bonds is 8. The largest absolute Gasteiger partial charge is 0.451 e. The fourth-order valence-electron chi connectivity index (χ4n) is 3.86. The fraction of sp³-hybridized carbons (Fsp3) is 0.478. The number of furan rings is 1. The summed E-state index contributed by atoms with van der Waals surface area (Å²) in [4.78, 5) is 25.5. The zero-order valence-electron chi connectivity index (χ0n) is 17.2. The van der Waals surface area contributed by atoms with Crippen molar-refractivity contribution in [2.24, 2.45) is 5.92 Å². The molecule has 1 aliphatic carbocycles. The average Bonchev–Trinajstić information content (AvgIpc) is 3.24. The van der Waals surface area contributed by atoms with E-state index in [1.807, 2.05) is 0 Å². The molecule has 0 radical (unpaired) electrons. The van der Waals surface area contributed by atoms with Gasteiger partial charge in [0.2, 0.25) is 5.91 Å². The molecule has 0 bridgehead atoms. The highest BCUT2D eigenvalue weighted by atomic mass is 19.1. The molecule has 1 heterocycles. The monoisotopic (exact) mass is 416 g/mol. The summed E-state index contributed by atoms with van der Waals surface area (Å²) in [7, 11) is 0. The van der Waals surface area contributed by atoms with Gasteiger partial charge >= 0.3 is 0 Å². The molecule has 2 aromatic rings. The van der Waals surface area contributed by atoms with Crippen LogP contribution < -0.4 is 10.6 Å². The third-order valence-electron chi connectivity index (χ3n) is 5.52. The summed E-state index contributed by atoms with van der Waals surface area (Å²) in [5, 5.41) is 14.8. The second-order valence-corrected chi connectivity index (χ2v) is 8.03. The molecule has 1 saturated carbocycles. The Kier molecular flexibility index (Phi) is 7.63. The maximum atomic E-state index is 13.5. The highest BCUT2D eigenvalue weighted by Crippen LogP contribution is 2.28. The normalized spacial score (nSPS) is 16.6. The Morgan fingerprint density at radius 2 is 1.93 bits per heavy atom. The van der Waals surface area contributed by atoms with Crippen LogP contribution in [0.2, 0.25) is 0 Å². The predicted octanol–water partition coefficient (Wildman–Crippen LogP) is 3.65. The Labute approximate surface area is 175 Å². The summed E-state index contributed by atoms with van der Waals surface area (Å²) < 4.78 is 19.1. The molecule has 0 unspecified atom stereocenters. The number of amides is 2. The third-order valence-corrected chi connectivity index (χ3v) is 5.52. The molecule has 2 atom stereocenters. The zero-order valence-corrected chi connectivity index (χ0v) is 17.2. The van der Waals surface area contributed by atoms with Crippen molar-refractivity contribution < 1.29 is 23.5 Å². The smallest absolute Gasteiger partial charge is 0.287 e. The number of benzene rings is 1. The average molecular weight is 416 g/mol. The molecule has 1 aromatic heterocycles. The first-order valence-electron chi connectivity index (χ1n) is 10.5. The van der Waals surface area contributed by atoms with Crippen LogP contribution in [0.1, 0.15) is 56.0 Å². The standard InChI is InChI=1S/C23H29FN2O4/c1-15(14-27)25-22(28)19(12-16-6-3-2-4-7-16)26-23(29)21-11-10-20(30-21)17-8-5-9-18(24)13-17/h5,8-11,13,15-16,19,27H,2-4,6-7,12,14H2,1H3,(H,25,28)(H,26,29)/t15-,19-/m0/s1. The molecule has 6 nitrogen and oxygen atoms in total. The van der Waals surface area contributed by atoms with Crippen LogP contribution in [0.4, 0.5) is 4.39 Å². The van der Waals surface area contributed by atoms with Gasteiger partial charge in [-0.1, -0.05) is 44.2 Å². The van der Waals surface area contributed by atoms with E-state index in [4.69, 9.17) is 4.42 Å². The summed E-state index contributed by atoms with van der Waals surface area (Å²) in [6, 6.07) is 7.94. The maximum absolute atomic E-state index is 13.5. The van der Waals surface area contributed by atoms with Crippen molar-refractivity contribution in [1.82, 2.24) is 10.6 Å². The molecule has 162 valence electrons. The van der Waals surface area contributed by atoms with Gasteiger partial charge in [-0.25, -0.2) is 4.39 Å². The fourth-order valence-corrected chi connectivity index (χ4v) is 3.86. The van der Waals surface area contributed by atoms with E-state index in [2.05, 4.69) is 10.6 Å². The van der Waals surface area contributed by atoms with Crippen LogP contribution in [-0.2, 0) is 4.79 Å². The van der Waals surface area contributed by atoms with E-state index in [-0.39, 0.29) is 18.3 Å². The molecule has 0 spiro atoms. The quantitative estimate of drug-likeness (QED) is 0.613. The molecule has 3 N–H and O–H groups in total. The van der Waals surface area contributed by atoms with Crippen molar-refractivity contribution in [3.8, 4) is 11.3 Å². The van der Waals surface area contributed by atoms with Gasteiger partial charge in [0.1, 0.15) is 17.6 Å². The van der Waals surface area contributed by atoms with Crippen LogP contribution in [0.25, 0.3) is 11.3 Å². The highest BCUT2D eigenvalue weighted by Gasteiger charge is 2.28. The summed E-state index contributed by atoms with van der Waals surface area (Å²) in [5.41, 5.74) is 0.530. The van der Waals surface area contributed by atoms with E-state index < -0.39 is 23.8 Å². The SMILES string of the molecule is C[C@@H](CO)NC(=O)[C@H](CC1CCCCC1)NC(=O)c1ccc(-c2cccc(F)c2)o1.